The number of nitrogens with zero attached hydrogens (tertiary/aromatic N) is 1. The summed E-state index contributed by atoms with van der Waals surface area (Å²) in [6.07, 6.45) is 0. The molecule has 1 fully saturated rings. The molecule has 0 amide bonds. The second kappa shape index (κ2) is 5.74. The summed E-state index contributed by atoms with van der Waals surface area (Å²) in [6.45, 7) is 8.06. The van der Waals surface area contributed by atoms with Crippen molar-refractivity contribution in [2.24, 2.45) is 11.8 Å². The molecular weight excluding hydrogens is 242 g/mol. The molecular formula is C11H23NO2S2. The van der Waals surface area contributed by atoms with Gasteiger partial charge in [0.25, 0.3) is 0 Å². The van der Waals surface area contributed by atoms with Crippen LogP contribution in [0.4, 0.5) is 0 Å². The highest BCUT2D eigenvalue weighted by atomic mass is 32.2. The lowest BCUT2D eigenvalue weighted by Crippen LogP contribution is -2.49. The lowest BCUT2D eigenvalue weighted by atomic mass is 9.97. The molecule has 1 aliphatic heterocycles. The molecule has 0 N–H and O–H groups in total. The second-order valence-electron chi connectivity index (χ2n) is 5.14. The van der Waals surface area contributed by atoms with Crippen molar-refractivity contribution >= 4 is 22.5 Å². The molecule has 2 unspecified atom stereocenters. The highest BCUT2D eigenvalue weighted by Crippen LogP contribution is 2.18. The molecule has 1 heterocycles. The number of rotatable bonds is 4. The third-order valence-corrected chi connectivity index (χ3v) is 5.72. The molecule has 1 saturated heterocycles. The van der Waals surface area contributed by atoms with E-state index in [9.17, 15) is 8.42 Å². The van der Waals surface area contributed by atoms with Crippen molar-refractivity contribution in [3.8, 4) is 0 Å². The first-order chi connectivity index (χ1) is 7.35. The first-order valence-corrected chi connectivity index (χ1v) is 8.36. The molecule has 5 heteroatoms. The van der Waals surface area contributed by atoms with E-state index in [-0.39, 0.29) is 6.04 Å². The minimum Gasteiger partial charge on any atom is -0.298 e. The van der Waals surface area contributed by atoms with Crippen LogP contribution in [0.15, 0.2) is 0 Å². The number of sulfone groups is 1. The topological polar surface area (TPSA) is 37.4 Å². The van der Waals surface area contributed by atoms with Gasteiger partial charge in [-0.05, 0) is 24.5 Å². The maximum Gasteiger partial charge on any atom is 0.153 e. The zero-order valence-electron chi connectivity index (χ0n) is 10.4. The van der Waals surface area contributed by atoms with Crippen LogP contribution in [0.25, 0.3) is 0 Å². The van der Waals surface area contributed by atoms with E-state index in [2.05, 4.69) is 31.4 Å². The summed E-state index contributed by atoms with van der Waals surface area (Å²) in [4.78, 5) is 2.29. The van der Waals surface area contributed by atoms with Crippen LogP contribution in [0.1, 0.15) is 20.8 Å². The molecule has 0 radical (unpaired) electrons. The Labute approximate surface area is 105 Å². The van der Waals surface area contributed by atoms with Crippen LogP contribution < -0.4 is 0 Å². The SMILES string of the molecule is CC(C)C(CS)CN1CCS(=O)(=O)CC1C. The van der Waals surface area contributed by atoms with Crippen molar-refractivity contribution in [2.45, 2.75) is 26.8 Å². The molecule has 0 aromatic heterocycles. The normalized spacial score (nSPS) is 28.2. The van der Waals surface area contributed by atoms with Gasteiger partial charge in [0.05, 0.1) is 11.5 Å². The first kappa shape index (κ1) is 14.3. The fraction of sp³-hybridized carbons (Fsp3) is 1.00. The maximum absolute atomic E-state index is 11.5. The van der Waals surface area contributed by atoms with Gasteiger partial charge >= 0.3 is 0 Å². The smallest absolute Gasteiger partial charge is 0.153 e. The van der Waals surface area contributed by atoms with E-state index in [0.29, 0.717) is 29.9 Å². The van der Waals surface area contributed by atoms with Gasteiger partial charge < -0.3 is 0 Å². The Morgan fingerprint density at radius 1 is 1.44 bits per heavy atom. The van der Waals surface area contributed by atoms with Gasteiger partial charge in [-0.2, -0.15) is 12.6 Å². The molecule has 0 bridgehead atoms. The maximum atomic E-state index is 11.5. The van der Waals surface area contributed by atoms with E-state index in [0.717, 1.165) is 12.3 Å². The van der Waals surface area contributed by atoms with Crippen LogP contribution in [0, 0.1) is 11.8 Å². The lowest BCUT2D eigenvalue weighted by Gasteiger charge is -2.36. The van der Waals surface area contributed by atoms with E-state index in [1.165, 1.54) is 0 Å². The second-order valence-corrected chi connectivity index (χ2v) is 7.74. The molecule has 0 spiro atoms. The average molecular weight is 265 g/mol. The highest BCUT2D eigenvalue weighted by molar-refractivity contribution is 7.91. The van der Waals surface area contributed by atoms with Crippen LogP contribution in [0.2, 0.25) is 0 Å². The summed E-state index contributed by atoms with van der Waals surface area (Å²) in [5, 5.41) is 0. The average Bonchev–Trinajstić information content (AvgIpc) is 2.15. The monoisotopic (exact) mass is 265 g/mol. The number of hydrogen-bond acceptors (Lipinski definition) is 4. The van der Waals surface area contributed by atoms with Gasteiger partial charge in [0.15, 0.2) is 9.84 Å². The third-order valence-electron chi connectivity index (χ3n) is 3.45. The van der Waals surface area contributed by atoms with Gasteiger partial charge in [-0.1, -0.05) is 13.8 Å². The molecule has 1 rings (SSSR count). The lowest BCUT2D eigenvalue weighted by molar-refractivity contribution is 0.179. The Hall–Kier alpha value is 0.260. The van der Waals surface area contributed by atoms with Gasteiger partial charge in [-0.3, -0.25) is 4.90 Å². The van der Waals surface area contributed by atoms with Crippen molar-refractivity contribution in [2.75, 3.05) is 30.3 Å². The predicted molar refractivity (Wildman–Crippen MR) is 71.9 cm³/mol. The molecule has 16 heavy (non-hydrogen) atoms. The zero-order valence-corrected chi connectivity index (χ0v) is 12.1. The van der Waals surface area contributed by atoms with E-state index in [4.69, 9.17) is 0 Å². The first-order valence-electron chi connectivity index (χ1n) is 5.91. The van der Waals surface area contributed by atoms with Crippen LogP contribution in [0.5, 0.6) is 0 Å². The van der Waals surface area contributed by atoms with Crippen molar-refractivity contribution in [1.29, 1.82) is 0 Å². The molecule has 0 aromatic carbocycles. The molecule has 0 aromatic rings. The fourth-order valence-corrected chi connectivity index (χ4v) is 4.25. The Bertz CT molecular complexity index is 314. The van der Waals surface area contributed by atoms with Crippen LogP contribution in [-0.2, 0) is 9.84 Å². The number of thiol groups is 1. The summed E-state index contributed by atoms with van der Waals surface area (Å²) >= 11 is 4.37. The Balaban J connectivity index is 2.56. The Morgan fingerprint density at radius 3 is 2.50 bits per heavy atom. The standard InChI is InChI=1S/C11H23NO2S2/c1-9(2)11(7-15)6-12-4-5-16(13,14)8-10(12)3/h9-11,15H,4-8H2,1-3H3. The summed E-state index contributed by atoms with van der Waals surface area (Å²) in [6, 6.07) is 0.153. The summed E-state index contributed by atoms with van der Waals surface area (Å²) < 4.78 is 22.9. The minimum absolute atomic E-state index is 0.153. The molecule has 3 nitrogen and oxygen atoms in total. The Kier molecular flexibility index (Phi) is 5.13. The zero-order chi connectivity index (χ0) is 12.3. The summed E-state index contributed by atoms with van der Waals surface area (Å²) in [5.41, 5.74) is 0. The molecule has 0 saturated carbocycles. The van der Waals surface area contributed by atoms with Crippen molar-refractivity contribution in [3.05, 3.63) is 0 Å². The number of hydrogen-bond donors (Lipinski definition) is 1. The van der Waals surface area contributed by atoms with Gasteiger partial charge in [0.2, 0.25) is 0 Å². The Morgan fingerprint density at radius 2 is 2.06 bits per heavy atom. The van der Waals surface area contributed by atoms with Crippen molar-refractivity contribution < 1.29 is 8.42 Å². The summed E-state index contributed by atoms with van der Waals surface area (Å²) in [7, 11) is -2.79. The highest BCUT2D eigenvalue weighted by Gasteiger charge is 2.29. The van der Waals surface area contributed by atoms with E-state index in [1.807, 2.05) is 6.92 Å². The fourth-order valence-electron chi connectivity index (χ4n) is 2.08. The van der Waals surface area contributed by atoms with E-state index >= 15 is 0 Å². The van der Waals surface area contributed by atoms with Gasteiger partial charge in [0, 0.05) is 19.1 Å². The van der Waals surface area contributed by atoms with Crippen LogP contribution >= 0.6 is 12.6 Å². The van der Waals surface area contributed by atoms with Crippen molar-refractivity contribution in [3.63, 3.8) is 0 Å². The largest absolute Gasteiger partial charge is 0.298 e. The molecule has 96 valence electrons. The molecule has 1 aliphatic rings. The van der Waals surface area contributed by atoms with Gasteiger partial charge in [0.1, 0.15) is 0 Å². The van der Waals surface area contributed by atoms with Crippen LogP contribution in [0.3, 0.4) is 0 Å². The molecule has 2 atom stereocenters. The van der Waals surface area contributed by atoms with Gasteiger partial charge in [-0.25, -0.2) is 8.42 Å². The molecule has 0 aliphatic carbocycles. The predicted octanol–water partition coefficient (Wildman–Crippen LogP) is 1.31. The summed E-state index contributed by atoms with van der Waals surface area (Å²) in [5.74, 6) is 2.64. The quantitative estimate of drug-likeness (QED) is 0.779. The van der Waals surface area contributed by atoms with Gasteiger partial charge in [-0.15, -0.1) is 0 Å². The van der Waals surface area contributed by atoms with E-state index in [1.54, 1.807) is 0 Å². The van der Waals surface area contributed by atoms with Crippen molar-refractivity contribution in [1.82, 2.24) is 4.90 Å². The van der Waals surface area contributed by atoms with E-state index < -0.39 is 9.84 Å². The van der Waals surface area contributed by atoms with Crippen LogP contribution in [-0.4, -0.2) is 49.7 Å². The third kappa shape index (κ3) is 3.93. The minimum atomic E-state index is -2.79.